The van der Waals surface area contributed by atoms with E-state index in [-0.39, 0.29) is 30.7 Å². The van der Waals surface area contributed by atoms with E-state index in [0.717, 1.165) is 0 Å². The number of amides is 2. The number of nitrogens with zero attached hydrogens (tertiary/aromatic N) is 1. The van der Waals surface area contributed by atoms with Crippen LogP contribution in [0.1, 0.15) is 0 Å². The largest absolute Gasteiger partial charge is 0.484 e. The standard InChI is InChI=1S/C18H17FN2O4/c1-20-18(23)16-10-21(14-7-2-3-8-15(14)25-16)17(22)11-24-13-6-4-5-12(19)9-13/h2-9,16H,10-11H2,1H3,(H,20,23)/t16-/m1/s1. The van der Waals surface area contributed by atoms with Crippen LogP contribution in [0.5, 0.6) is 11.5 Å². The third-order valence-corrected chi connectivity index (χ3v) is 3.77. The second-order valence-electron chi connectivity index (χ2n) is 5.44. The molecule has 2 amide bonds. The van der Waals surface area contributed by atoms with Crippen molar-refractivity contribution in [2.45, 2.75) is 6.10 Å². The lowest BCUT2D eigenvalue weighted by molar-refractivity contribution is -0.128. The van der Waals surface area contributed by atoms with Crippen molar-refractivity contribution in [3.63, 3.8) is 0 Å². The third kappa shape index (κ3) is 3.71. The summed E-state index contributed by atoms with van der Waals surface area (Å²) in [5.41, 5.74) is 0.565. The Morgan fingerprint density at radius 3 is 2.84 bits per heavy atom. The molecule has 0 fully saturated rings. The predicted octanol–water partition coefficient (Wildman–Crippen LogP) is 1.74. The summed E-state index contributed by atoms with van der Waals surface area (Å²) in [7, 11) is 1.51. The molecule has 6 nitrogen and oxygen atoms in total. The molecule has 0 saturated heterocycles. The molecule has 1 aliphatic rings. The van der Waals surface area contributed by atoms with Crippen molar-refractivity contribution in [3.05, 3.63) is 54.3 Å². The lowest BCUT2D eigenvalue weighted by Gasteiger charge is -2.33. The Hall–Kier alpha value is -3.09. The molecule has 0 spiro atoms. The maximum atomic E-state index is 13.2. The number of fused-ring (bicyclic) bond motifs is 1. The van der Waals surface area contributed by atoms with Crippen LogP contribution in [0.3, 0.4) is 0 Å². The van der Waals surface area contributed by atoms with Crippen molar-refractivity contribution in [1.82, 2.24) is 5.32 Å². The molecular formula is C18H17FN2O4. The Balaban J connectivity index is 1.77. The lowest BCUT2D eigenvalue weighted by atomic mass is 10.1. The molecule has 1 N–H and O–H groups in total. The van der Waals surface area contributed by atoms with Gasteiger partial charge in [0.1, 0.15) is 17.3 Å². The second-order valence-corrected chi connectivity index (χ2v) is 5.44. The molecular weight excluding hydrogens is 327 g/mol. The summed E-state index contributed by atoms with van der Waals surface area (Å²) in [5.74, 6) is -0.409. The molecule has 0 unspecified atom stereocenters. The number of ether oxygens (including phenoxy) is 2. The SMILES string of the molecule is CNC(=O)[C@H]1CN(C(=O)COc2cccc(F)c2)c2ccccc2O1. The van der Waals surface area contributed by atoms with Gasteiger partial charge >= 0.3 is 0 Å². The van der Waals surface area contributed by atoms with Crippen molar-refractivity contribution >= 4 is 17.5 Å². The van der Waals surface area contributed by atoms with E-state index >= 15 is 0 Å². The number of benzene rings is 2. The zero-order valence-electron chi connectivity index (χ0n) is 13.6. The minimum atomic E-state index is -0.807. The summed E-state index contributed by atoms with van der Waals surface area (Å²) < 4.78 is 24.2. The number of carbonyl (C=O) groups excluding carboxylic acids is 2. The molecule has 3 rings (SSSR count). The average Bonchev–Trinajstić information content (AvgIpc) is 2.64. The minimum absolute atomic E-state index is 0.0715. The van der Waals surface area contributed by atoms with E-state index < -0.39 is 11.9 Å². The average molecular weight is 344 g/mol. The topological polar surface area (TPSA) is 67.9 Å². The van der Waals surface area contributed by atoms with Crippen LogP contribution in [0.2, 0.25) is 0 Å². The highest BCUT2D eigenvalue weighted by Crippen LogP contribution is 2.33. The van der Waals surface area contributed by atoms with Gasteiger partial charge in [-0.1, -0.05) is 18.2 Å². The first-order valence-corrected chi connectivity index (χ1v) is 7.74. The van der Waals surface area contributed by atoms with Gasteiger partial charge in [0.2, 0.25) is 0 Å². The fraction of sp³-hybridized carbons (Fsp3) is 0.222. The number of rotatable bonds is 4. The van der Waals surface area contributed by atoms with Gasteiger partial charge in [0.05, 0.1) is 12.2 Å². The Kier molecular flexibility index (Phi) is 4.83. The number of hydrogen-bond acceptors (Lipinski definition) is 4. The lowest BCUT2D eigenvalue weighted by Crippen LogP contribution is -2.51. The Morgan fingerprint density at radius 2 is 2.08 bits per heavy atom. The predicted molar refractivity (Wildman–Crippen MR) is 89.2 cm³/mol. The summed E-state index contributed by atoms with van der Waals surface area (Å²) in [6.07, 6.45) is -0.807. The number of nitrogens with one attached hydrogen (secondary N) is 1. The molecule has 0 saturated carbocycles. The van der Waals surface area contributed by atoms with Crippen molar-refractivity contribution in [2.24, 2.45) is 0 Å². The Labute approximate surface area is 144 Å². The Bertz CT molecular complexity index is 796. The quantitative estimate of drug-likeness (QED) is 0.917. The maximum Gasteiger partial charge on any atom is 0.265 e. The highest BCUT2D eigenvalue weighted by Gasteiger charge is 2.33. The molecule has 0 radical (unpaired) electrons. The molecule has 1 atom stereocenters. The fourth-order valence-electron chi connectivity index (χ4n) is 2.55. The van der Waals surface area contributed by atoms with Gasteiger partial charge < -0.3 is 19.7 Å². The van der Waals surface area contributed by atoms with Gasteiger partial charge in [-0.15, -0.1) is 0 Å². The number of halogens is 1. The van der Waals surface area contributed by atoms with Crippen LogP contribution in [-0.4, -0.2) is 38.1 Å². The second kappa shape index (κ2) is 7.21. The van der Waals surface area contributed by atoms with Gasteiger partial charge in [-0.2, -0.15) is 0 Å². The first kappa shape index (κ1) is 16.8. The van der Waals surface area contributed by atoms with Crippen LogP contribution < -0.4 is 19.7 Å². The highest BCUT2D eigenvalue weighted by atomic mass is 19.1. The minimum Gasteiger partial charge on any atom is -0.484 e. The summed E-state index contributed by atoms with van der Waals surface area (Å²) in [5, 5.41) is 2.51. The van der Waals surface area contributed by atoms with Gasteiger partial charge in [0, 0.05) is 13.1 Å². The first-order valence-electron chi connectivity index (χ1n) is 7.74. The van der Waals surface area contributed by atoms with E-state index in [1.165, 1.54) is 30.1 Å². The van der Waals surface area contributed by atoms with Gasteiger partial charge in [-0.05, 0) is 24.3 Å². The van der Waals surface area contributed by atoms with Crippen molar-refractivity contribution in [3.8, 4) is 11.5 Å². The summed E-state index contributed by atoms with van der Waals surface area (Å²) >= 11 is 0. The van der Waals surface area contributed by atoms with E-state index in [2.05, 4.69) is 5.32 Å². The molecule has 2 aromatic carbocycles. The molecule has 7 heteroatoms. The maximum absolute atomic E-state index is 13.2. The molecule has 0 bridgehead atoms. The molecule has 1 aliphatic heterocycles. The van der Waals surface area contributed by atoms with E-state index in [1.807, 2.05) is 0 Å². The number of likely N-dealkylation sites (N-methyl/N-ethyl adjacent to an activating group) is 1. The van der Waals surface area contributed by atoms with Crippen LogP contribution in [0.25, 0.3) is 0 Å². The fourth-order valence-corrected chi connectivity index (χ4v) is 2.55. The summed E-state index contributed by atoms with van der Waals surface area (Å²) in [6.45, 7) is -0.208. The highest BCUT2D eigenvalue weighted by molar-refractivity contribution is 5.98. The third-order valence-electron chi connectivity index (χ3n) is 3.77. The van der Waals surface area contributed by atoms with Crippen LogP contribution in [0, 0.1) is 5.82 Å². The van der Waals surface area contributed by atoms with Gasteiger partial charge in [0.25, 0.3) is 11.8 Å². The van der Waals surface area contributed by atoms with Gasteiger partial charge in [-0.25, -0.2) is 4.39 Å². The number of hydrogen-bond donors (Lipinski definition) is 1. The zero-order chi connectivity index (χ0) is 17.8. The molecule has 130 valence electrons. The Morgan fingerprint density at radius 1 is 1.28 bits per heavy atom. The van der Waals surface area contributed by atoms with Crippen molar-refractivity contribution in [1.29, 1.82) is 0 Å². The van der Waals surface area contributed by atoms with E-state index in [0.29, 0.717) is 11.4 Å². The molecule has 1 heterocycles. The zero-order valence-corrected chi connectivity index (χ0v) is 13.6. The van der Waals surface area contributed by atoms with Crippen molar-refractivity contribution in [2.75, 3.05) is 25.1 Å². The summed E-state index contributed by atoms with van der Waals surface area (Å²) in [4.78, 5) is 26.0. The smallest absolute Gasteiger partial charge is 0.265 e. The molecule has 0 aliphatic carbocycles. The van der Waals surface area contributed by atoms with Gasteiger partial charge in [-0.3, -0.25) is 9.59 Å². The first-order chi connectivity index (χ1) is 12.1. The van der Waals surface area contributed by atoms with Crippen LogP contribution in [0.4, 0.5) is 10.1 Å². The van der Waals surface area contributed by atoms with Gasteiger partial charge in [0.15, 0.2) is 12.7 Å². The number of anilines is 1. The molecule has 0 aromatic heterocycles. The summed E-state index contributed by atoms with van der Waals surface area (Å²) in [6, 6.07) is 12.5. The van der Waals surface area contributed by atoms with Crippen LogP contribution in [0.15, 0.2) is 48.5 Å². The van der Waals surface area contributed by atoms with E-state index in [9.17, 15) is 14.0 Å². The van der Waals surface area contributed by atoms with Crippen LogP contribution in [-0.2, 0) is 9.59 Å². The molecule has 2 aromatic rings. The van der Waals surface area contributed by atoms with Crippen LogP contribution >= 0.6 is 0 Å². The van der Waals surface area contributed by atoms with E-state index in [1.54, 1.807) is 30.3 Å². The van der Waals surface area contributed by atoms with Crippen molar-refractivity contribution < 1.29 is 23.5 Å². The van der Waals surface area contributed by atoms with E-state index in [4.69, 9.17) is 9.47 Å². The number of para-hydroxylation sites is 2. The number of carbonyl (C=O) groups is 2. The molecule has 25 heavy (non-hydrogen) atoms. The normalized spacial score (nSPS) is 15.8. The monoisotopic (exact) mass is 344 g/mol.